The van der Waals surface area contributed by atoms with Crippen molar-refractivity contribution in [3.8, 4) is 18.2 Å². The number of hydrogen-bond acceptors (Lipinski definition) is 26. The molecule has 0 unspecified atom stereocenters. The molecule has 5 saturated heterocycles. The Morgan fingerprint density at radius 2 is 0.882 bits per heavy atom. The summed E-state index contributed by atoms with van der Waals surface area (Å²) in [4.78, 5) is 148. The highest BCUT2D eigenvalue weighted by atomic mass is 16.5. The van der Waals surface area contributed by atoms with E-state index in [0.29, 0.717) is 237 Å². The zero-order valence-electron chi connectivity index (χ0n) is 67.4. The highest BCUT2D eigenvalue weighted by Crippen LogP contribution is 2.35. The number of rotatable bonds is 25. The summed E-state index contributed by atoms with van der Waals surface area (Å²) in [5, 5.41) is 39.9. The van der Waals surface area contributed by atoms with E-state index in [1.165, 1.54) is 33.3 Å². The molecule has 6 aromatic heterocycles. The zero-order valence-corrected chi connectivity index (χ0v) is 67.4. The monoisotopic (exact) mass is 1630 g/mol. The summed E-state index contributed by atoms with van der Waals surface area (Å²) in [6, 6.07) is 15.8. The minimum atomic E-state index is -0.458. The molecule has 7 atom stereocenters. The molecule has 0 aliphatic carbocycles. The van der Waals surface area contributed by atoms with E-state index in [2.05, 4.69) is 69.4 Å². The van der Waals surface area contributed by atoms with Crippen molar-refractivity contribution >= 4 is 89.6 Å². The largest absolute Gasteiger partial charge is 0.385 e. The molecule has 0 saturated carbocycles. The van der Waals surface area contributed by atoms with E-state index in [-0.39, 0.29) is 78.5 Å². The predicted octanol–water partition coefficient (Wildman–Crippen LogP) is 7.49. The number of ether oxygens (including phenoxy) is 8. The summed E-state index contributed by atoms with van der Waals surface area (Å²) >= 11 is 0. The van der Waals surface area contributed by atoms with Gasteiger partial charge in [-0.15, -0.1) is 0 Å². The van der Waals surface area contributed by atoms with Gasteiger partial charge in [-0.2, -0.15) is 15.8 Å². The van der Waals surface area contributed by atoms with Crippen LogP contribution in [-0.4, -0.2) is 233 Å². The van der Waals surface area contributed by atoms with Gasteiger partial charge in [-0.25, -0.2) is 44.3 Å². The molecule has 626 valence electrons. The van der Waals surface area contributed by atoms with Gasteiger partial charge in [0.05, 0.1) is 55.3 Å². The Kier molecular flexibility index (Phi) is 30.3. The van der Waals surface area contributed by atoms with Gasteiger partial charge >= 0.3 is 18.1 Å². The van der Waals surface area contributed by atoms with Crippen molar-refractivity contribution in [3.63, 3.8) is 0 Å². The lowest BCUT2D eigenvalue weighted by Gasteiger charge is -2.30. The Labute approximate surface area is 688 Å². The van der Waals surface area contributed by atoms with E-state index in [9.17, 15) is 58.9 Å². The number of likely N-dealkylation sites (N-methyl/N-ethyl adjacent to an activating group) is 2. The molecule has 8 aliphatic heterocycles. The van der Waals surface area contributed by atoms with E-state index in [1.54, 1.807) is 63.4 Å². The number of pyridine rings is 6. The van der Waals surface area contributed by atoms with E-state index >= 15 is 0 Å². The van der Waals surface area contributed by atoms with Gasteiger partial charge in [0.2, 0.25) is 5.91 Å². The Balaban J connectivity index is 0.000000164. The smallest absolute Gasteiger partial charge is 0.328 e. The minimum absolute atomic E-state index is 0.0606. The van der Waals surface area contributed by atoms with Crippen LogP contribution in [0, 0.1) is 45.8 Å². The topological polar surface area (TPSA) is 440 Å². The lowest BCUT2D eigenvalue weighted by atomic mass is 9.94. The van der Waals surface area contributed by atoms with Gasteiger partial charge in [0.15, 0.2) is 18.9 Å². The molecule has 8 aliphatic rings. The van der Waals surface area contributed by atoms with Gasteiger partial charge < -0.3 is 53.0 Å². The van der Waals surface area contributed by atoms with Crippen molar-refractivity contribution in [1.29, 1.82) is 15.8 Å². The van der Waals surface area contributed by atoms with Crippen LogP contribution in [0.25, 0.3) is 0 Å². The Morgan fingerprint density at radius 3 is 1.25 bits per heavy atom. The second kappa shape index (κ2) is 41.6. The number of aldehydes is 3. The zero-order chi connectivity index (χ0) is 84.1. The number of aryl methyl sites for hydroxylation is 4. The molecule has 14 rings (SSSR count). The van der Waals surface area contributed by atoms with Crippen LogP contribution in [-0.2, 0) is 110 Å². The second-order valence-corrected chi connectivity index (χ2v) is 30.2. The van der Waals surface area contributed by atoms with Crippen molar-refractivity contribution in [2.75, 3.05) is 139 Å². The first-order valence-electron chi connectivity index (χ1n) is 40.1. The van der Waals surface area contributed by atoms with Crippen molar-refractivity contribution in [2.24, 2.45) is 11.8 Å². The molecule has 0 spiro atoms. The van der Waals surface area contributed by atoms with Gasteiger partial charge in [-0.3, -0.25) is 59.4 Å². The fourth-order valence-electron chi connectivity index (χ4n) is 15.9. The van der Waals surface area contributed by atoms with Crippen molar-refractivity contribution < 1.29 is 81.0 Å². The van der Waals surface area contributed by atoms with Crippen LogP contribution in [0.4, 0.5) is 49.3 Å². The van der Waals surface area contributed by atoms with Gasteiger partial charge in [-0.05, 0) is 173 Å². The van der Waals surface area contributed by atoms with Gasteiger partial charge in [0.25, 0.3) is 11.8 Å². The summed E-state index contributed by atoms with van der Waals surface area (Å²) in [6.07, 6.45) is 16.1. The first-order valence-corrected chi connectivity index (χ1v) is 40.1. The Hall–Kier alpha value is -11.7. The van der Waals surface area contributed by atoms with E-state index in [1.807, 2.05) is 18.2 Å². The van der Waals surface area contributed by atoms with Crippen LogP contribution in [0.15, 0.2) is 55.0 Å². The quantitative estimate of drug-likeness (QED) is 0.0318. The van der Waals surface area contributed by atoms with Crippen molar-refractivity contribution in [1.82, 2.24) is 45.0 Å². The van der Waals surface area contributed by atoms with Crippen LogP contribution < -0.4 is 36.0 Å². The highest BCUT2D eigenvalue weighted by Gasteiger charge is 2.36. The molecule has 119 heavy (non-hydrogen) atoms. The summed E-state index contributed by atoms with van der Waals surface area (Å²) in [7, 11) is 8.27. The number of urea groups is 3. The molecule has 5 fully saturated rings. The highest BCUT2D eigenvalue weighted by molar-refractivity contribution is 6.04. The molecule has 14 heterocycles. The normalized spacial score (nSPS) is 20.1. The van der Waals surface area contributed by atoms with Crippen molar-refractivity contribution in [3.05, 3.63) is 139 Å². The third-order valence-corrected chi connectivity index (χ3v) is 22.2. The molecule has 0 bridgehead atoms. The molecular weight excluding hydrogens is 1530 g/mol. The molecule has 0 radical (unpaired) electrons. The number of aromatic nitrogens is 6. The summed E-state index contributed by atoms with van der Waals surface area (Å²) in [5.41, 5.74) is 8.44. The number of nitrogens with one attached hydrogen (secondary N) is 4. The SMILES string of the molecule is COCCCc1cc(NC(=O)N2CCCc3cc(CNC(=O)[C@H]4CCCO4)c(C=O)nc32)ncc1C#N.CO[C@@H]1COC[C@H]1Cc1cc(NC(=O)N2CCCc3cc(CN(C)C(=O)[C@H]4CCCO4)c(C=O)nc32)ncc1C#N.CO[C@H]1COC[C@@H]1Cc1cc(NC(=O)N2CCCc3cc(CN(C)C(=O)[C@H]4CCCO4)c(C=O)nc32)ncc1C#N. The van der Waals surface area contributed by atoms with Crippen LogP contribution >= 0.6 is 0 Å². The first-order chi connectivity index (χ1) is 57.9. The standard InChI is InChI=1S/2C29H34N6O6.C26H30N6O5/c2*1-34(28(37)24-6-4-8-41-24)14-20-9-18-5-3-7-35(27(18)32-23(20)15-36)29(38)33-26-11-19(22(12-30)13-31-26)10-21-16-40-17-25(21)39-2;1-36-9-3-6-17-12-23(28-15-20(17)13-27)31-26(35)32-8-2-5-18-11-19(21(16-33)30-24(18)32)14-29-25(34)22-7-4-10-37-22/h2*9,11,13,15,21,24-25H,3-8,10,14,16-17H2,1-2H3,(H,31,33,38);11-12,15-16,22H,2-10,14H2,1H3,(H,29,34)(H,28,31,35)/t21-,24+,25-;21-,24-,25-;22-/m011/s1. The third-order valence-electron chi connectivity index (χ3n) is 22.2. The lowest BCUT2D eigenvalue weighted by molar-refractivity contribution is -0.140. The molecule has 9 amide bonds. The second-order valence-electron chi connectivity index (χ2n) is 30.2. The fraction of sp³-hybridized carbons (Fsp3) is 0.500. The molecule has 35 heteroatoms. The van der Waals surface area contributed by atoms with E-state index in [0.717, 1.165) is 59.1 Å². The molecule has 6 aromatic rings. The maximum Gasteiger partial charge on any atom is 0.328 e. The van der Waals surface area contributed by atoms with E-state index < -0.39 is 36.4 Å². The summed E-state index contributed by atoms with van der Waals surface area (Å²) in [6.45, 7) is 6.19. The Bertz CT molecular complexity index is 4650. The summed E-state index contributed by atoms with van der Waals surface area (Å²) < 4.78 is 43.6. The number of anilines is 6. The number of amides is 9. The number of nitriles is 3. The van der Waals surface area contributed by atoms with Gasteiger partial charge in [-0.1, -0.05) is 0 Å². The minimum Gasteiger partial charge on any atom is -0.385 e. The average Bonchev–Trinajstić information content (AvgIpc) is 1.23. The van der Waals surface area contributed by atoms with Gasteiger partial charge in [0.1, 0.15) is 88.5 Å². The van der Waals surface area contributed by atoms with Crippen LogP contribution in [0.3, 0.4) is 0 Å². The van der Waals surface area contributed by atoms with Crippen LogP contribution in [0.1, 0.15) is 162 Å². The predicted molar refractivity (Wildman–Crippen MR) is 429 cm³/mol. The number of carbonyl (C=O) groups excluding carboxylic acids is 9. The molecule has 4 N–H and O–H groups in total. The summed E-state index contributed by atoms with van der Waals surface area (Å²) in [5.74, 6) is 1.91. The number of nitrogens with zero attached hydrogens (tertiary/aromatic N) is 14. The Morgan fingerprint density at radius 1 is 0.504 bits per heavy atom. The van der Waals surface area contributed by atoms with E-state index in [4.69, 9.17) is 37.9 Å². The maximum absolute atomic E-state index is 13.4. The number of hydrogen-bond donors (Lipinski definition) is 4. The molecular formula is C84H98N18O17. The number of fused-ring (bicyclic) bond motifs is 3. The lowest BCUT2D eigenvalue weighted by Crippen LogP contribution is -2.40. The fourth-order valence-corrected chi connectivity index (χ4v) is 15.9. The average molecular weight is 1630 g/mol. The van der Waals surface area contributed by atoms with Crippen molar-refractivity contribution in [2.45, 2.75) is 153 Å². The van der Waals surface area contributed by atoms with Gasteiger partial charge in [0, 0.05) is 148 Å². The third kappa shape index (κ3) is 21.4. The number of carbonyl (C=O) groups is 9. The first kappa shape index (κ1) is 86.6. The maximum atomic E-state index is 13.4. The van der Waals surface area contributed by atoms with Crippen LogP contribution in [0.2, 0.25) is 0 Å². The number of methoxy groups -OCH3 is 3. The van der Waals surface area contributed by atoms with Crippen LogP contribution in [0.5, 0.6) is 0 Å². The molecule has 0 aromatic carbocycles. The molecule has 35 nitrogen and oxygen atoms in total.